The van der Waals surface area contributed by atoms with Crippen molar-refractivity contribution in [2.45, 2.75) is 24.3 Å². The van der Waals surface area contributed by atoms with Crippen LogP contribution in [-0.2, 0) is 25.8 Å². The van der Waals surface area contributed by atoms with Crippen molar-refractivity contribution in [3.05, 3.63) is 77.3 Å². The number of halogens is 1. The number of anilines is 2. The van der Waals surface area contributed by atoms with Crippen LogP contribution in [-0.4, -0.2) is 46.4 Å². The molecule has 1 amide bonds. The number of sulfone groups is 1. The van der Waals surface area contributed by atoms with E-state index in [1.165, 1.54) is 12.1 Å². The molecule has 3 aromatic rings. The lowest BCUT2D eigenvalue weighted by molar-refractivity contribution is -0.115. The van der Waals surface area contributed by atoms with Crippen LogP contribution in [0.5, 0.6) is 0 Å². The molecule has 0 radical (unpaired) electrons. The normalized spacial score (nSPS) is 14.0. The molecule has 0 unspecified atom stereocenters. The summed E-state index contributed by atoms with van der Waals surface area (Å²) in [4.78, 5) is 15.1. The third kappa shape index (κ3) is 5.27. The average Bonchev–Trinajstić information content (AvgIpc) is 2.79. The highest BCUT2D eigenvalue weighted by Crippen LogP contribution is 2.38. The lowest BCUT2D eigenvalue weighted by atomic mass is 10.00. The standard InChI is InChI=1S/C26H27ClN2O4S/c1-3-34(31,32)21-11-8-18(9-12-21)14-26(30)28-19-10-13-22(24(27)15-19)23-6-4-5-7-25(23)29-16-20(17-29)33-2/h4-13,15,20H,3,14,16-17H2,1-2H3,(H,28,30). The van der Waals surface area contributed by atoms with E-state index in [9.17, 15) is 13.2 Å². The van der Waals surface area contributed by atoms with Gasteiger partial charge in [-0.15, -0.1) is 0 Å². The molecule has 1 aliphatic rings. The topological polar surface area (TPSA) is 75.7 Å². The van der Waals surface area contributed by atoms with E-state index in [4.69, 9.17) is 16.3 Å². The summed E-state index contributed by atoms with van der Waals surface area (Å²) in [5.41, 5.74) is 4.35. The number of hydrogen-bond donors (Lipinski definition) is 1. The highest BCUT2D eigenvalue weighted by Gasteiger charge is 2.28. The molecule has 0 aliphatic carbocycles. The number of ether oxygens (including phenoxy) is 1. The minimum atomic E-state index is -3.26. The van der Waals surface area contributed by atoms with Crippen LogP contribution in [0.4, 0.5) is 11.4 Å². The number of nitrogens with one attached hydrogen (secondary N) is 1. The van der Waals surface area contributed by atoms with E-state index in [1.807, 2.05) is 30.3 Å². The van der Waals surface area contributed by atoms with Crippen LogP contribution in [0.2, 0.25) is 5.02 Å². The smallest absolute Gasteiger partial charge is 0.228 e. The van der Waals surface area contributed by atoms with Crippen molar-refractivity contribution in [1.29, 1.82) is 0 Å². The first-order chi connectivity index (χ1) is 16.3. The minimum absolute atomic E-state index is 0.0414. The first-order valence-corrected chi connectivity index (χ1v) is 13.1. The quantitative estimate of drug-likeness (QED) is 0.482. The van der Waals surface area contributed by atoms with Crippen LogP contribution in [0.3, 0.4) is 0 Å². The van der Waals surface area contributed by atoms with Crippen LogP contribution in [0.25, 0.3) is 11.1 Å². The molecule has 1 heterocycles. The van der Waals surface area contributed by atoms with E-state index < -0.39 is 9.84 Å². The van der Waals surface area contributed by atoms with E-state index in [2.05, 4.69) is 16.3 Å². The van der Waals surface area contributed by atoms with Gasteiger partial charge in [0.15, 0.2) is 9.84 Å². The summed E-state index contributed by atoms with van der Waals surface area (Å²) in [6.45, 7) is 3.28. The number of benzene rings is 3. The molecule has 1 N–H and O–H groups in total. The molecule has 8 heteroatoms. The Morgan fingerprint density at radius 2 is 1.76 bits per heavy atom. The van der Waals surface area contributed by atoms with E-state index in [-0.39, 0.29) is 29.1 Å². The summed E-state index contributed by atoms with van der Waals surface area (Å²) in [6.07, 6.45) is 0.373. The second kappa shape index (κ2) is 10.2. The molecule has 0 aromatic heterocycles. The molecule has 178 valence electrons. The predicted molar refractivity (Wildman–Crippen MR) is 136 cm³/mol. The molecule has 0 spiro atoms. The van der Waals surface area contributed by atoms with Crippen LogP contribution in [0.15, 0.2) is 71.6 Å². The van der Waals surface area contributed by atoms with Crippen LogP contribution in [0, 0.1) is 0 Å². The van der Waals surface area contributed by atoms with Gasteiger partial charge in [-0.2, -0.15) is 0 Å². The van der Waals surface area contributed by atoms with Crippen molar-refractivity contribution < 1.29 is 17.9 Å². The number of methoxy groups -OCH3 is 1. The third-order valence-electron chi connectivity index (χ3n) is 6.00. The lowest BCUT2D eigenvalue weighted by Crippen LogP contribution is -2.52. The highest BCUT2D eigenvalue weighted by atomic mass is 35.5. The van der Waals surface area contributed by atoms with Gasteiger partial charge < -0.3 is 15.0 Å². The summed E-state index contributed by atoms with van der Waals surface area (Å²) < 4.78 is 29.3. The molecule has 6 nitrogen and oxygen atoms in total. The van der Waals surface area contributed by atoms with Gasteiger partial charge in [0.2, 0.25) is 5.91 Å². The Bertz CT molecular complexity index is 1290. The molecule has 3 aromatic carbocycles. The Hall–Kier alpha value is -2.87. The van der Waals surface area contributed by atoms with Gasteiger partial charge in [0.1, 0.15) is 0 Å². The highest BCUT2D eigenvalue weighted by molar-refractivity contribution is 7.91. The summed E-state index contributed by atoms with van der Waals surface area (Å²) in [5.74, 6) is -0.166. The number of para-hydroxylation sites is 1. The van der Waals surface area contributed by atoms with Gasteiger partial charge in [-0.3, -0.25) is 4.79 Å². The van der Waals surface area contributed by atoms with E-state index in [0.29, 0.717) is 10.7 Å². The predicted octanol–water partition coefficient (Wildman–Crippen LogP) is 4.82. The van der Waals surface area contributed by atoms with E-state index in [1.54, 1.807) is 32.2 Å². The zero-order valence-corrected chi connectivity index (χ0v) is 20.7. The molecule has 0 atom stereocenters. The number of amides is 1. The number of rotatable bonds is 8. The Kier molecular flexibility index (Phi) is 7.26. The van der Waals surface area contributed by atoms with Gasteiger partial charge >= 0.3 is 0 Å². The maximum atomic E-state index is 12.5. The Balaban J connectivity index is 1.45. The number of carbonyl (C=O) groups is 1. The zero-order valence-electron chi connectivity index (χ0n) is 19.1. The second-order valence-electron chi connectivity index (χ2n) is 8.25. The fourth-order valence-electron chi connectivity index (χ4n) is 3.94. The number of hydrogen-bond acceptors (Lipinski definition) is 5. The first kappa shape index (κ1) is 24.3. The van der Waals surface area contributed by atoms with Crippen LogP contribution >= 0.6 is 11.6 Å². The molecule has 0 bridgehead atoms. The molecule has 0 saturated carbocycles. The van der Waals surface area contributed by atoms with Crippen molar-refractivity contribution in [3.63, 3.8) is 0 Å². The number of nitrogens with zero attached hydrogens (tertiary/aromatic N) is 1. The molecule has 1 aliphatic heterocycles. The maximum absolute atomic E-state index is 12.5. The molecule has 1 fully saturated rings. The van der Waals surface area contributed by atoms with Crippen molar-refractivity contribution in [1.82, 2.24) is 0 Å². The fraction of sp³-hybridized carbons (Fsp3) is 0.269. The summed E-state index contributed by atoms with van der Waals surface area (Å²) in [7, 11) is -1.53. The second-order valence-corrected chi connectivity index (χ2v) is 10.9. The molecular weight excluding hydrogens is 472 g/mol. The van der Waals surface area contributed by atoms with E-state index >= 15 is 0 Å². The number of carbonyl (C=O) groups excluding carboxylic acids is 1. The van der Waals surface area contributed by atoms with Crippen molar-refractivity contribution in [2.75, 3.05) is 36.2 Å². The van der Waals surface area contributed by atoms with Gasteiger partial charge in [0, 0.05) is 42.7 Å². The summed E-state index contributed by atoms with van der Waals surface area (Å²) in [5, 5.41) is 3.42. The Morgan fingerprint density at radius 1 is 1.06 bits per heavy atom. The molecule has 4 rings (SSSR count). The zero-order chi connectivity index (χ0) is 24.3. The summed E-state index contributed by atoms with van der Waals surface area (Å²) >= 11 is 6.62. The van der Waals surface area contributed by atoms with Crippen LogP contribution < -0.4 is 10.2 Å². The van der Waals surface area contributed by atoms with Gasteiger partial charge in [-0.25, -0.2) is 8.42 Å². The van der Waals surface area contributed by atoms with Crippen molar-refractivity contribution in [2.24, 2.45) is 0 Å². The van der Waals surface area contributed by atoms with Gasteiger partial charge in [-0.1, -0.05) is 54.9 Å². The first-order valence-electron chi connectivity index (χ1n) is 11.1. The Labute approximate surface area is 205 Å². The third-order valence-corrected chi connectivity index (χ3v) is 8.06. The van der Waals surface area contributed by atoms with E-state index in [0.717, 1.165) is 35.5 Å². The summed E-state index contributed by atoms with van der Waals surface area (Å²) in [6, 6.07) is 20.0. The SMILES string of the molecule is CCS(=O)(=O)c1ccc(CC(=O)Nc2ccc(-c3ccccc3N3CC(OC)C3)c(Cl)c2)cc1. The lowest BCUT2D eigenvalue weighted by Gasteiger charge is -2.41. The van der Waals surface area contributed by atoms with Gasteiger partial charge in [0.25, 0.3) is 0 Å². The minimum Gasteiger partial charge on any atom is -0.378 e. The van der Waals surface area contributed by atoms with Crippen LogP contribution in [0.1, 0.15) is 12.5 Å². The van der Waals surface area contributed by atoms with Crippen molar-refractivity contribution >= 4 is 38.7 Å². The fourth-order valence-corrected chi connectivity index (χ4v) is 5.11. The largest absolute Gasteiger partial charge is 0.378 e. The monoisotopic (exact) mass is 498 g/mol. The molecule has 34 heavy (non-hydrogen) atoms. The Morgan fingerprint density at radius 3 is 2.41 bits per heavy atom. The molecular formula is C26H27ClN2O4S. The van der Waals surface area contributed by atoms with Crippen molar-refractivity contribution in [3.8, 4) is 11.1 Å². The molecule has 1 saturated heterocycles. The average molecular weight is 499 g/mol. The van der Waals surface area contributed by atoms with Gasteiger partial charge in [-0.05, 0) is 35.9 Å². The van der Waals surface area contributed by atoms with Gasteiger partial charge in [0.05, 0.1) is 28.2 Å². The maximum Gasteiger partial charge on any atom is 0.228 e.